The van der Waals surface area contributed by atoms with Crippen LogP contribution >= 0.6 is 22.7 Å². The van der Waals surface area contributed by atoms with Crippen LogP contribution in [0.1, 0.15) is 29.9 Å². The molecule has 0 radical (unpaired) electrons. The lowest BCUT2D eigenvalue weighted by atomic mass is 10.2. The van der Waals surface area contributed by atoms with Crippen molar-refractivity contribution < 1.29 is 4.79 Å². The highest BCUT2D eigenvalue weighted by molar-refractivity contribution is 7.20. The predicted molar refractivity (Wildman–Crippen MR) is 136 cm³/mol. The average molecular weight is 464 g/mol. The number of anilines is 4. The Kier molecular flexibility index (Phi) is 6.82. The Bertz CT molecular complexity index is 1180. The molecule has 8 heteroatoms. The van der Waals surface area contributed by atoms with Gasteiger partial charge in [0.1, 0.15) is 0 Å². The molecule has 0 saturated carbocycles. The van der Waals surface area contributed by atoms with E-state index in [1.54, 1.807) is 23.5 Å². The summed E-state index contributed by atoms with van der Waals surface area (Å²) in [4.78, 5) is 24.9. The Morgan fingerprint density at radius 1 is 0.969 bits per heavy atom. The van der Waals surface area contributed by atoms with Gasteiger partial charge in [-0.3, -0.25) is 10.1 Å². The van der Waals surface area contributed by atoms with Crippen LogP contribution in [0, 0.1) is 6.92 Å². The number of nitrogens with one attached hydrogen (secondary N) is 2. The highest BCUT2D eigenvalue weighted by atomic mass is 32.1. The SMILES string of the molecule is CCN(CC)c1ccc(Nc2nc(-c3sc(NC(=O)c4ccccc4)nc3C)cs2)cc1. The van der Waals surface area contributed by atoms with Gasteiger partial charge in [-0.1, -0.05) is 29.5 Å². The number of carbonyl (C=O) groups excluding carboxylic acids is 1. The van der Waals surface area contributed by atoms with Gasteiger partial charge in [0.25, 0.3) is 5.91 Å². The van der Waals surface area contributed by atoms with Crippen molar-refractivity contribution in [1.29, 1.82) is 0 Å². The highest BCUT2D eigenvalue weighted by Gasteiger charge is 2.15. The van der Waals surface area contributed by atoms with Gasteiger partial charge in [0.2, 0.25) is 0 Å². The van der Waals surface area contributed by atoms with Gasteiger partial charge in [0.15, 0.2) is 10.3 Å². The first-order valence-corrected chi connectivity index (χ1v) is 12.2. The minimum Gasteiger partial charge on any atom is -0.372 e. The van der Waals surface area contributed by atoms with Crippen LogP contribution in [-0.2, 0) is 0 Å². The van der Waals surface area contributed by atoms with Crippen LogP contribution in [0.2, 0.25) is 0 Å². The summed E-state index contributed by atoms with van der Waals surface area (Å²) in [5.41, 5.74) is 4.52. The van der Waals surface area contributed by atoms with E-state index in [9.17, 15) is 4.79 Å². The quantitative estimate of drug-likeness (QED) is 0.316. The van der Waals surface area contributed by atoms with Gasteiger partial charge in [-0.2, -0.15) is 0 Å². The molecule has 2 heterocycles. The smallest absolute Gasteiger partial charge is 0.257 e. The number of nitrogens with zero attached hydrogens (tertiary/aromatic N) is 3. The molecule has 0 aliphatic rings. The molecule has 4 rings (SSSR count). The first-order chi connectivity index (χ1) is 15.6. The van der Waals surface area contributed by atoms with Crippen LogP contribution in [0.15, 0.2) is 60.0 Å². The van der Waals surface area contributed by atoms with Crippen molar-refractivity contribution in [3.8, 4) is 10.6 Å². The third kappa shape index (κ3) is 4.98. The zero-order chi connectivity index (χ0) is 22.5. The van der Waals surface area contributed by atoms with E-state index in [0.29, 0.717) is 10.7 Å². The minimum atomic E-state index is -0.167. The summed E-state index contributed by atoms with van der Waals surface area (Å²) >= 11 is 2.98. The molecule has 164 valence electrons. The summed E-state index contributed by atoms with van der Waals surface area (Å²) in [6, 6.07) is 17.5. The van der Waals surface area contributed by atoms with E-state index in [2.05, 4.69) is 58.6 Å². The Hall–Kier alpha value is -3.23. The zero-order valence-corrected chi connectivity index (χ0v) is 19.9. The molecule has 1 amide bonds. The van der Waals surface area contributed by atoms with Gasteiger partial charge >= 0.3 is 0 Å². The summed E-state index contributed by atoms with van der Waals surface area (Å²) < 4.78 is 0. The van der Waals surface area contributed by atoms with Crippen LogP contribution in [0.25, 0.3) is 10.6 Å². The molecule has 32 heavy (non-hydrogen) atoms. The Morgan fingerprint density at radius 2 is 1.69 bits per heavy atom. The number of thiazole rings is 2. The summed E-state index contributed by atoms with van der Waals surface area (Å²) in [6.07, 6.45) is 0. The molecule has 0 atom stereocenters. The summed E-state index contributed by atoms with van der Waals surface area (Å²) in [5, 5.41) is 9.66. The zero-order valence-electron chi connectivity index (χ0n) is 18.3. The van der Waals surface area contributed by atoms with Crippen molar-refractivity contribution in [2.45, 2.75) is 20.8 Å². The molecule has 6 nitrogen and oxygen atoms in total. The lowest BCUT2D eigenvalue weighted by Crippen LogP contribution is -2.21. The van der Waals surface area contributed by atoms with Gasteiger partial charge in [0, 0.05) is 35.4 Å². The summed E-state index contributed by atoms with van der Waals surface area (Å²) in [7, 11) is 0. The number of aryl methyl sites for hydroxylation is 1. The number of hydrogen-bond acceptors (Lipinski definition) is 7. The lowest BCUT2D eigenvalue weighted by Gasteiger charge is -2.21. The second-order valence-corrected chi connectivity index (χ2v) is 8.99. The van der Waals surface area contributed by atoms with Crippen molar-refractivity contribution in [3.63, 3.8) is 0 Å². The molecule has 0 bridgehead atoms. The van der Waals surface area contributed by atoms with E-state index >= 15 is 0 Å². The molecule has 2 N–H and O–H groups in total. The van der Waals surface area contributed by atoms with Gasteiger partial charge in [0.05, 0.1) is 16.3 Å². The molecule has 0 aliphatic heterocycles. The van der Waals surface area contributed by atoms with Crippen LogP contribution in [0.5, 0.6) is 0 Å². The Balaban J connectivity index is 1.45. The van der Waals surface area contributed by atoms with Crippen molar-refractivity contribution >= 4 is 50.2 Å². The fourth-order valence-corrected chi connectivity index (χ4v) is 5.07. The maximum absolute atomic E-state index is 12.4. The molecule has 0 unspecified atom stereocenters. The first kappa shape index (κ1) is 22.0. The number of rotatable bonds is 8. The van der Waals surface area contributed by atoms with Crippen LogP contribution in [0.3, 0.4) is 0 Å². The van der Waals surface area contributed by atoms with Gasteiger partial charge in [-0.05, 0) is 57.2 Å². The Labute approximate surface area is 196 Å². The molecule has 0 aliphatic carbocycles. The van der Waals surface area contributed by atoms with Crippen molar-refractivity contribution in [1.82, 2.24) is 9.97 Å². The number of benzene rings is 2. The third-order valence-electron chi connectivity index (χ3n) is 5.04. The summed E-state index contributed by atoms with van der Waals surface area (Å²) in [6.45, 7) is 8.23. The van der Waals surface area contributed by atoms with Crippen LogP contribution in [-0.4, -0.2) is 29.0 Å². The number of hydrogen-bond donors (Lipinski definition) is 2. The molecule has 0 spiro atoms. The normalized spacial score (nSPS) is 10.7. The number of aromatic nitrogens is 2. The molecule has 0 fully saturated rings. The minimum absolute atomic E-state index is 0.167. The number of amides is 1. The van der Waals surface area contributed by atoms with Crippen LogP contribution < -0.4 is 15.5 Å². The summed E-state index contributed by atoms with van der Waals surface area (Å²) in [5.74, 6) is -0.167. The second kappa shape index (κ2) is 9.93. The van der Waals surface area contributed by atoms with Gasteiger partial charge < -0.3 is 10.2 Å². The highest BCUT2D eigenvalue weighted by Crippen LogP contribution is 2.35. The van der Waals surface area contributed by atoms with Gasteiger partial charge in [-0.15, -0.1) is 11.3 Å². The standard InChI is InChI=1S/C24H25N5OS2/c1-4-29(5-2)19-13-11-18(12-14-19)26-23-27-20(15-31-23)21-16(3)25-24(32-21)28-22(30)17-9-7-6-8-10-17/h6-15H,4-5H2,1-3H3,(H,26,27)(H,25,28,30). The molecular weight excluding hydrogens is 438 g/mol. The molecular formula is C24H25N5OS2. The third-order valence-corrected chi connectivity index (χ3v) is 6.89. The number of carbonyl (C=O) groups is 1. The van der Waals surface area contributed by atoms with E-state index in [-0.39, 0.29) is 5.91 Å². The van der Waals surface area contributed by atoms with E-state index in [1.807, 2.05) is 30.5 Å². The van der Waals surface area contributed by atoms with E-state index in [1.165, 1.54) is 17.0 Å². The first-order valence-electron chi connectivity index (χ1n) is 10.5. The van der Waals surface area contributed by atoms with Crippen molar-refractivity contribution in [2.75, 3.05) is 28.6 Å². The molecule has 4 aromatic rings. The molecule has 2 aromatic carbocycles. The maximum Gasteiger partial charge on any atom is 0.257 e. The topological polar surface area (TPSA) is 70.2 Å². The lowest BCUT2D eigenvalue weighted by molar-refractivity contribution is 0.102. The molecule has 2 aromatic heterocycles. The van der Waals surface area contributed by atoms with Crippen molar-refractivity contribution in [3.05, 3.63) is 71.2 Å². The fraction of sp³-hybridized carbons (Fsp3) is 0.208. The average Bonchev–Trinajstić information content (AvgIpc) is 3.42. The molecule has 0 saturated heterocycles. The maximum atomic E-state index is 12.4. The van der Waals surface area contributed by atoms with Crippen molar-refractivity contribution in [2.24, 2.45) is 0 Å². The predicted octanol–water partition coefficient (Wildman–Crippen LogP) is 6.42. The Morgan fingerprint density at radius 3 is 2.38 bits per heavy atom. The second-order valence-electron chi connectivity index (χ2n) is 7.14. The van der Waals surface area contributed by atoms with E-state index < -0.39 is 0 Å². The van der Waals surface area contributed by atoms with E-state index in [0.717, 1.165) is 40.2 Å². The largest absolute Gasteiger partial charge is 0.372 e. The van der Waals surface area contributed by atoms with E-state index in [4.69, 9.17) is 4.98 Å². The monoisotopic (exact) mass is 463 g/mol. The van der Waals surface area contributed by atoms with Gasteiger partial charge in [-0.25, -0.2) is 9.97 Å². The van der Waals surface area contributed by atoms with Crippen LogP contribution in [0.4, 0.5) is 21.6 Å². The fourth-order valence-electron chi connectivity index (χ4n) is 3.35.